The van der Waals surface area contributed by atoms with E-state index in [9.17, 15) is 14.2 Å². The summed E-state index contributed by atoms with van der Waals surface area (Å²) in [6, 6.07) is 11.6. The number of hydrogen-bond acceptors (Lipinski definition) is 13. The number of pyridine rings is 4. The van der Waals surface area contributed by atoms with Gasteiger partial charge in [0.25, 0.3) is 0 Å². The van der Waals surface area contributed by atoms with Gasteiger partial charge in [-0.25, -0.2) is 24.5 Å². The van der Waals surface area contributed by atoms with Crippen molar-refractivity contribution < 1.29 is 37.5 Å². The van der Waals surface area contributed by atoms with E-state index in [0.717, 1.165) is 83.3 Å². The molecule has 0 unspecified atom stereocenters. The highest BCUT2D eigenvalue weighted by molar-refractivity contribution is 7.74. The van der Waals surface area contributed by atoms with Crippen molar-refractivity contribution in [3.63, 3.8) is 0 Å². The molecular weight excluding hydrogens is 787 g/mol. The number of ketones is 1. The van der Waals surface area contributed by atoms with Crippen molar-refractivity contribution in [2.45, 2.75) is 74.4 Å². The Kier molecular flexibility index (Phi) is 15.8. The summed E-state index contributed by atoms with van der Waals surface area (Å²) in [5.41, 5.74) is 16.9. The average Bonchev–Trinajstić information content (AvgIpc) is 3.77. The van der Waals surface area contributed by atoms with Crippen molar-refractivity contribution in [2.75, 3.05) is 27.4 Å². The topological polar surface area (TPSA) is 212 Å². The van der Waals surface area contributed by atoms with Crippen LogP contribution in [0.4, 0.5) is 0 Å². The molecule has 6 heterocycles. The highest BCUT2D eigenvalue weighted by atomic mass is 31.2. The minimum Gasteiger partial charge on any atom is -0.477 e. The molecule has 18 heteroatoms. The Bertz CT molecular complexity index is 2650. The molecular formula is C42H49N10O7P. The summed E-state index contributed by atoms with van der Waals surface area (Å²) >= 11 is 0. The molecule has 314 valence electrons. The Hall–Kier alpha value is -6.43. The van der Waals surface area contributed by atoms with Crippen molar-refractivity contribution in [3.8, 4) is 46.6 Å². The number of aromatic nitrogens is 8. The maximum atomic E-state index is 11.7. The molecule has 0 atom stereocenters. The van der Waals surface area contributed by atoms with E-state index in [0.29, 0.717) is 36.2 Å². The van der Waals surface area contributed by atoms with E-state index in [2.05, 4.69) is 53.8 Å². The molecule has 0 fully saturated rings. The van der Waals surface area contributed by atoms with Gasteiger partial charge in [-0.15, -0.1) is 6.42 Å². The largest absolute Gasteiger partial charge is 0.477 e. The molecule has 0 aliphatic carbocycles. The fourth-order valence-corrected chi connectivity index (χ4v) is 7.05. The van der Waals surface area contributed by atoms with Crippen LogP contribution in [0.5, 0.6) is 11.8 Å². The number of terminal acetylenes is 1. The van der Waals surface area contributed by atoms with Crippen LogP contribution >= 0.6 is 7.60 Å². The number of rotatable bonds is 13. The first-order valence-electron chi connectivity index (χ1n) is 19.0. The van der Waals surface area contributed by atoms with E-state index >= 15 is 0 Å². The second kappa shape index (κ2) is 20.5. The summed E-state index contributed by atoms with van der Waals surface area (Å²) < 4.78 is 35.2. The third kappa shape index (κ3) is 9.87. The van der Waals surface area contributed by atoms with Gasteiger partial charge in [-0.3, -0.25) is 19.0 Å². The fraction of sp³-hybridized carbons (Fsp3) is 0.357. The van der Waals surface area contributed by atoms with Gasteiger partial charge in [-0.2, -0.15) is 15.0 Å². The first kappa shape index (κ1) is 46.3. The van der Waals surface area contributed by atoms with Crippen LogP contribution in [-0.2, 0) is 18.4 Å². The number of aldehydes is 1. The number of carbonyl (C=O) groups is 2. The lowest BCUT2D eigenvalue weighted by molar-refractivity contribution is -0.114. The number of hydrogen-bond donors (Lipinski definition) is 0. The molecule has 0 N–H and O–H groups in total. The Morgan fingerprint density at radius 1 is 0.867 bits per heavy atom. The fourth-order valence-electron chi connectivity index (χ4n) is 6.06. The van der Waals surface area contributed by atoms with E-state index in [1.807, 2.05) is 81.2 Å². The van der Waals surface area contributed by atoms with Crippen molar-refractivity contribution in [1.82, 2.24) is 39.5 Å². The SMILES string of the molecule is C#Cc1cc(-c2cccnc2OCC)nc2c(C)nn(C(C)C)c12.CCOc1ncccc1-c1cc(C=O)c2c(n1)c(C)nn2C(C)C.COP(=O)(OC)C(=[N+]=[N-])C(C)=O. The van der Waals surface area contributed by atoms with Crippen molar-refractivity contribution in [1.29, 1.82) is 0 Å². The smallest absolute Gasteiger partial charge is 0.446 e. The van der Waals surface area contributed by atoms with Crippen LogP contribution in [0.25, 0.3) is 50.1 Å². The summed E-state index contributed by atoms with van der Waals surface area (Å²) in [6.45, 7) is 18.1. The molecule has 0 amide bonds. The average molecular weight is 837 g/mol. The molecule has 0 aliphatic heterocycles. The van der Waals surface area contributed by atoms with Crippen molar-refractivity contribution >= 4 is 47.2 Å². The number of fused-ring (bicyclic) bond motifs is 2. The predicted octanol–water partition coefficient (Wildman–Crippen LogP) is 8.05. The van der Waals surface area contributed by atoms with Gasteiger partial charge in [0.05, 0.1) is 58.2 Å². The maximum absolute atomic E-state index is 11.7. The highest BCUT2D eigenvalue weighted by Gasteiger charge is 2.41. The Morgan fingerprint density at radius 3 is 1.72 bits per heavy atom. The van der Waals surface area contributed by atoms with E-state index in [-0.39, 0.29) is 12.1 Å². The predicted molar refractivity (Wildman–Crippen MR) is 228 cm³/mol. The summed E-state index contributed by atoms with van der Waals surface area (Å²) in [5, 5.41) is 9.14. The number of ether oxygens (including phenoxy) is 2. The Balaban J connectivity index is 0.000000211. The van der Waals surface area contributed by atoms with Gasteiger partial charge in [-0.05, 0) is 91.8 Å². The van der Waals surface area contributed by atoms with Crippen molar-refractivity contribution in [2.24, 2.45) is 0 Å². The second-order valence-corrected chi connectivity index (χ2v) is 15.6. The van der Waals surface area contributed by atoms with E-state index in [1.54, 1.807) is 18.5 Å². The molecule has 0 aliphatic rings. The first-order valence-corrected chi connectivity index (χ1v) is 20.5. The number of nitrogens with zero attached hydrogens (tertiary/aromatic N) is 10. The van der Waals surface area contributed by atoms with Crippen LogP contribution in [0.1, 0.15) is 87.9 Å². The second-order valence-electron chi connectivity index (χ2n) is 13.5. The lowest BCUT2D eigenvalue weighted by atomic mass is 10.1. The van der Waals surface area contributed by atoms with E-state index in [4.69, 9.17) is 31.4 Å². The molecule has 0 saturated heterocycles. The van der Waals surface area contributed by atoms with Gasteiger partial charge in [-0.1, -0.05) is 5.92 Å². The summed E-state index contributed by atoms with van der Waals surface area (Å²) in [7, 11) is -1.51. The molecule has 17 nitrogen and oxygen atoms in total. The molecule has 0 spiro atoms. The molecule has 0 radical (unpaired) electrons. The normalized spacial score (nSPS) is 11.0. The van der Waals surface area contributed by atoms with E-state index < -0.39 is 18.8 Å². The first-order chi connectivity index (χ1) is 28.6. The van der Waals surface area contributed by atoms with Gasteiger partial charge in [0.15, 0.2) is 6.29 Å². The minimum atomic E-state index is -3.70. The van der Waals surface area contributed by atoms with Gasteiger partial charge < -0.3 is 24.1 Å². The van der Waals surface area contributed by atoms with Crippen LogP contribution < -0.4 is 9.47 Å². The lowest BCUT2D eigenvalue weighted by Gasteiger charge is -2.11. The quantitative estimate of drug-likeness (QED) is 0.0269. The number of Topliss-reactive ketones (excluding diaryl/α,β-unsaturated/α-hetero) is 1. The third-order valence-electron chi connectivity index (χ3n) is 8.74. The summed E-state index contributed by atoms with van der Waals surface area (Å²) in [5.74, 6) is 3.19. The summed E-state index contributed by atoms with van der Waals surface area (Å²) in [4.78, 5) is 43.1. The molecule has 0 saturated carbocycles. The van der Waals surface area contributed by atoms with Gasteiger partial charge in [0.1, 0.15) is 16.6 Å². The molecule has 6 rings (SSSR count). The van der Waals surface area contributed by atoms with E-state index in [1.165, 1.54) is 0 Å². The zero-order valence-electron chi connectivity index (χ0n) is 35.6. The molecule has 6 aromatic heterocycles. The van der Waals surface area contributed by atoms with Crippen molar-refractivity contribution in [3.05, 3.63) is 76.8 Å². The number of carbonyl (C=O) groups excluding carboxylic acids is 2. The highest BCUT2D eigenvalue weighted by Crippen LogP contribution is 2.47. The number of aryl methyl sites for hydroxylation is 2. The third-order valence-corrected chi connectivity index (χ3v) is 10.6. The van der Waals surface area contributed by atoms with Crippen LogP contribution in [0.2, 0.25) is 0 Å². The minimum absolute atomic E-state index is 0.143. The van der Waals surface area contributed by atoms with Crippen LogP contribution in [0.15, 0.2) is 48.8 Å². The van der Waals surface area contributed by atoms with Crippen LogP contribution in [-0.4, -0.2) is 89.2 Å². The Morgan fingerprint density at radius 2 is 1.33 bits per heavy atom. The molecule has 0 bridgehead atoms. The molecule has 6 aromatic rings. The maximum Gasteiger partial charge on any atom is 0.446 e. The molecule has 60 heavy (non-hydrogen) atoms. The van der Waals surface area contributed by atoms with Gasteiger partial charge in [0, 0.05) is 51.2 Å². The lowest BCUT2D eigenvalue weighted by Crippen LogP contribution is -2.13. The molecule has 0 aromatic carbocycles. The van der Waals surface area contributed by atoms with Gasteiger partial charge in [0.2, 0.25) is 17.5 Å². The Labute approximate surface area is 348 Å². The van der Waals surface area contributed by atoms with Gasteiger partial charge >= 0.3 is 13.0 Å². The monoisotopic (exact) mass is 836 g/mol. The standard InChI is InChI=1S/C19H20N4O.C18H20N4O2.C5H9N2O4P/c1-6-14-11-16(15-9-8-10-20-19(15)24-7-2)21-17-13(5)22-23(12(3)4)18(14)17;1-5-24-18-14(7-6-8-19-18)15-9-13(10-23)17-16(20-15)12(4)21-22(17)11(2)3;1-4(8)5(7-6)12(9,10-2)11-3/h1,8-12H,7H2,2-5H3;6-11H,5H2,1-4H3;1-3H3. The zero-order chi connectivity index (χ0) is 44.3. The van der Waals surface area contributed by atoms with Crippen LogP contribution in [0, 0.1) is 26.2 Å². The van der Waals surface area contributed by atoms with Crippen LogP contribution in [0.3, 0.4) is 0 Å². The summed E-state index contributed by atoms with van der Waals surface area (Å²) in [6.07, 6.45) is 10.0. The zero-order valence-corrected chi connectivity index (χ0v) is 36.5.